The van der Waals surface area contributed by atoms with Crippen molar-refractivity contribution in [2.24, 2.45) is 5.92 Å². The summed E-state index contributed by atoms with van der Waals surface area (Å²) in [5.74, 6) is 0.619. The van der Waals surface area contributed by atoms with E-state index in [1.54, 1.807) is 24.3 Å². The average molecular weight is 452 g/mol. The summed E-state index contributed by atoms with van der Waals surface area (Å²) in [4.78, 5) is 11.5. The van der Waals surface area contributed by atoms with Crippen molar-refractivity contribution in [3.63, 3.8) is 0 Å². The van der Waals surface area contributed by atoms with Crippen molar-refractivity contribution in [2.45, 2.75) is 38.0 Å². The van der Waals surface area contributed by atoms with Crippen LogP contribution in [0.15, 0.2) is 72.8 Å². The number of benzene rings is 2. The summed E-state index contributed by atoms with van der Waals surface area (Å²) in [6, 6.07) is 15.4. The van der Waals surface area contributed by atoms with E-state index in [1.165, 1.54) is 12.7 Å². The van der Waals surface area contributed by atoms with E-state index in [4.69, 9.17) is 9.47 Å². The molecule has 0 aromatic heterocycles. The first-order valence-electron chi connectivity index (χ1n) is 11.2. The number of carbonyl (C=O) groups excluding carboxylic acids is 1. The molecule has 0 fully saturated rings. The zero-order valence-corrected chi connectivity index (χ0v) is 19.5. The Balaban J connectivity index is 0.000000316. The summed E-state index contributed by atoms with van der Waals surface area (Å²) in [7, 11) is 1.36. The zero-order chi connectivity index (χ0) is 23.9. The zero-order valence-electron chi connectivity index (χ0n) is 19.5. The van der Waals surface area contributed by atoms with E-state index in [-0.39, 0.29) is 18.5 Å². The molecule has 1 aliphatic carbocycles. The van der Waals surface area contributed by atoms with Crippen LogP contribution in [-0.2, 0) is 17.8 Å². The number of nitrogens with one attached hydrogen (secondary N) is 1. The lowest BCUT2D eigenvalue weighted by molar-refractivity contribution is -0.0535. The van der Waals surface area contributed by atoms with Gasteiger partial charge in [-0.15, -0.1) is 0 Å². The van der Waals surface area contributed by atoms with E-state index >= 15 is 0 Å². The summed E-state index contributed by atoms with van der Waals surface area (Å²) in [5.41, 5.74) is 0.670. The van der Waals surface area contributed by atoms with Gasteiger partial charge in [-0.2, -0.15) is 0 Å². The Labute approximate surface area is 195 Å². The number of ether oxygens (including phenoxy) is 2. The molecule has 2 unspecified atom stereocenters. The number of hydrogen-bond donors (Lipinski definition) is 3. The molecule has 6 nitrogen and oxygen atoms in total. The predicted octanol–water partition coefficient (Wildman–Crippen LogP) is 3.43. The highest BCUT2D eigenvalue weighted by atomic mass is 16.5. The van der Waals surface area contributed by atoms with Gasteiger partial charge in [0.15, 0.2) is 0 Å². The minimum Gasteiger partial charge on any atom is -0.489 e. The first-order chi connectivity index (χ1) is 15.9. The molecular formula is C27H33NO5. The number of fused-ring (bicyclic) bond motifs is 3. The monoisotopic (exact) mass is 451 g/mol. The number of carbonyl (C=O) groups is 1. The van der Waals surface area contributed by atoms with E-state index in [0.717, 1.165) is 17.9 Å². The van der Waals surface area contributed by atoms with Crippen molar-refractivity contribution in [1.29, 1.82) is 0 Å². The van der Waals surface area contributed by atoms with Crippen molar-refractivity contribution >= 4 is 5.97 Å². The lowest BCUT2D eigenvalue weighted by atomic mass is 9.67. The number of aliphatic hydroxyl groups is 2. The van der Waals surface area contributed by atoms with E-state index < -0.39 is 11.1 Å². The predicted molar refractivity (Wildman–Crippen MR) is 128 cm³/mol. The highest BCUT2D eigenvalue weighted by Crippen LogP contribution is 2.37. The van der Waals surface area contributed by atoms with Gasteiger partial charge < -0.3 is 25.0 Å². The minimum atomic E-state index is -1.37. The second kappa shape index (κ2) is 10.8. The van der Waals surface area contributed by atoms with Gasteiger partial charge in [0.05, 0.1) is 24.8 Å². The van der Waals surface area contributed by atoms with E-state index in [9.17, 15) is 15.0 Å². The Morgan fingerprint density at radius 3 is 2.24 bits per heavy atom. The van der Waals surface area contributed by atoms with Gasteiger partial charge in [-0.05, 0) is 60.4 Å². The SMILES string of the molecule is CCNC1([C@H](C)Cc2ccc(C(=O)OC)cc2)C=CC=CC1(O)CO.c1cc2ccc1CO2. The van der Waals surface area contributed by atoms with Gasteiger partial charge in [-0.1, -0.05) is 56.3 Å². The van der Waals surface area contributed by atoms with Gasteiger partial charge in [-0.25, -0.2) is 4.79 Å². The molecule has 3 N–H and O–H groups in total. The third-order valence-corrected chi connectivity index (χ3v) is 6.29. The van der Waals surface area contributed by atoms with Crippen LogP contribution in [0.2, 0.25) is 0 Å². The fourth-order valence-electron chi connectivity index (χ4n) is 4.42. The normalized spacial score (nSPS) is 23.3. The quantitative estimate of drug-likeness (QED) is 0.559. The Kier molecular flexibility index (Phi) is 8.08. The maximum Gasteiger partial charge on any atom is 0.337 e. The Morgan fingerprint density at radius 2 is 1.79 bits per heavy atom. The third kappa shape index (κ3) is 5.36. The number of likely N-dealkylation sites (N-methyl/N-ethyl adjacent to an activating group) is 1. The van der Waals surface area contributed by atoms with Crippen LogP contribution < -0.4 is 10.1 Å². The molecule has 2 aliphatic heterocycles. The summed E-state index contributed by atoms with van der Waals surface area (Å²) < 4.78 is 9.90. The summed E-state index contributed by atoms with van der Waals surface area (Å²) in [5, 5.41) is 24.2. The molecule has 5 rings (SSSR count). The summed E-state index contributed by atoms with van der Waals surface area (Å²) >= 11 is 0. The Hall–Kier alpha value is -2.93. The molecule has 33 heavy (non-hydrogen) atoms. The topological polar surface area (TPSA) is 88.0 Å². The molecule has 2 bridgehead atoms. The van der Waals surface area contributed by atoms with Crippen LogP contribution in [0.5, 0.6) is 5.75 Å². The summed E-state index contributed by atoms with van der Waals surface area (Å²) in [6.45, 7) is 5.07. The number of hydrogen-bond acceptors (Lipinski definition) is 6. The van der Waals surface area contributed by atoms with Gasteiger partial charge in [0.1, 0.15) is 18.0 Å². The molecular weight excluding hydrogens is 418 g/mol. The van der Waals surface area contributed by atoms with Crippen LogP contribution in [0, 0.1) is 5.92 Å². The fraction of sp³-hybridized carbons (Fsp3) is 0.370. The van der Waals surface area contributed by atoms with Crippen molar-refractivity contribution in [1.82, 2.24) is 5.32 Å². The largest absolute Gasteiger partial charge is 0.489 e. The molecule has 0 radical (unpaired) electrons. The first-order valence-corrected chi connectivity index (χ1v) is 11.2. The molecule has 0 amide bonds. The van der Waals surface area contributed by atoms with Gasteiger partial charge in [0, 0.05) is 0 Å². The molecule has 0 spiro atoms. The Morgan fingerprint density at radius 1 is 1.12 bits per heavy atom. The molecule has 2 heterocycles. The van der Waals surface area contributed by atoms with E-state index in [0.29, 0.717) is 18.5 Å². The fourth-order valence-corrected chi connectivity index (χ4v) is 4.42. The Bertz CT molecular complexity index is 960. The number of allylic oxidation sites excluding steroid dienone is 2. The van der Waals surface area contributed by atoms with Gasteiger partial charge in [0.2, 0.25) is 0 Å². The third-order valence-electron chi connectivity index (χ3n) is 6.29. The number of rotatable bonds is 7. The maximum atomic E-state index is 11.5. The molecule has 3 aliphatic rings. The van der Waals surface area contributed by atoms with E-state index in [1.807, 2.05) is 50.3 Å². The van der Waals surface area contributed by atoms with Gasteiger partial charge in [0.25, 0.3) is 0 Å². The van der Waals surface area contributed by atoms with Gasteiger partial charge in [-0.3, -0.25) is 0 Å². The molecule has 176 valence electrons. The van der Waals surface area contributed by atoms with E-state index in [2.05, 4.69) is 17.4 Å². The van der Waals surface area contributed by atoms with Crippen LogP contribution in [0.3, 0.4) is 0 Å². The van der Waals surface area contributed by atoms with Crippen molar-refractivity contribution in [3.8, 4) is 5.75 Å². The number of methoxy groups -OCH3 is 1. The lowest BCUT2D eigenvalue weighted by Crippen LogP contribution is -2.67. The van der Waals surface area contributed by atoms with Crippen molar-refractivity contribution in [2.75, 3.05) is 20.3 Å². The molecule has 3 atom stereocenters. The summed E-state index contributed by atoms with van der Waals surface area (Å²) in [6.07, 6.45) is 7.90. The molecule has 2 aromatic rings. The van der Waals surface area contributed by atoms with Crippen LogP contribution in [0.25, 0.3) is 0 Å². The lowest BCUT2D eigenvalue weighted by Gasteiger charge is -2.49. The molecule has 0 saturated heterocycles. The second-order valence-electron chi connectivity index (χ2n) is 8.43. The molecule has 2 aromatic carbocycles. The van der Waals surface area contributed by atoms with Crippen molar-refractivity contribution < 1.29 is 24.5 Å². The first kappa shape index (κ1) is 24.7. The highest BCUT2D eigenvalue weighted by molar-refractivity contribution is 5.89. The van der Waals surface area contributed by atoms with Crippen molar-refractivity contribution in [3.05, 3.63) is 89.5 Å². The smallest absolute Gasteiger partial charge is 0.337 e. The van der Waals surface area contributed by atoms with Crippen LogP contribution >= 0.6 is 0 Å². The number of aliphatic hydroxyl groups excluding tert-OH is 1. The molecule has 0 saturated carbocycles. The molecule has 6 heteroatoms. The maximum absolute atomic E-state index is 11.5. The van der Waals surface area contributed by atoms with Crippen LogP contribution in [-0.4, -0.2) is 47.6 Å². The van der Waals surface area contributed by atoms with Crippen LogP contribution in [0.1, 0.15) is 35.3 Å². The highest BCUT2D eigenvalue weighted by Gasteiger charge is 2.50. The standard InChI is InChI=1S/C20H27NO4.C7H6O/c1-4-21-20(12-6-5-11-19(20,24)14-22)15(2)13-16-7-9-17(10-8-16)18(23)25-3;1-3-7-4-2-6(1)5-8-7/h5-12,15,21-22,24H,4,13-14H2,1-3H3;1-4H,5H2/t15-,19?,20?;/m1./s1. The minimum absolute atomic E-state index is 0.00484. The van der Waals surface area contributed by atoms with Gasteiger partial charge >= 0.3 is 5.97 Å². The average Bonchev–Trinajstić information content (AvgIpc) is 2.87. The second-order valence-corrected chi connectivity index (χ2v) is 8.43. The number of esters is 1. The van der Waals surface area contributed by atoms with Crippen LogP contribution in [0.4, 0.5) is 0 Å².